The van der Waals surface area contributed by atoms with Gasteiger partial charge in [0.15, 0.2) is 17.5 Å². The van der Waals surface area contributed by atoms with E-state index >= 15 is 0 Å². The number of quaternary nitrogens is 1. The Morgan fingerprint density at radius 3 is 2.62 bits per heavy atom. The fourth-order valence-electron chi connectivity index (χ4n) is 3.03. The lowest BCUT2D eigenvalue weighted by molar-refractivity contribution is -0.913. The molecule has 2 aliphatic heterocycles. The summed E-state index contributed by atoms with van der Waals surface area (Å²) in [5, 5.41) is 2.99. The predicted molar refractivity (Wildman–Crippen MR) is 79.8 cm³/mol. The maximum Gasteiger partial charge on any atom is 0.282 e. The lowest BCUT2D eigenvalue weighted by atomic mass is 10.2. The average molecular weight is 291 g/mol. The molecule has 5 nitrogen and oxygen atoms in total. The SMILES string of the molecule is C[C@@H](C(=O)Nc1ccc2c(c1)OCO2)[NH+]1CCCCCC1. The molecule has 21 heavy (non-hydrogen) atoms. The third-order valence-electron chi connectivity index (χ3n) is 4.39. The molecule has 0 aliphatic carbocycles. The van der Waals surface area contributed by atoms with Crippen molar-refractivity contribution in [2.24, 2.45) is 0 Å². The third-order valence-corrected chi connectivity index (χ3v) is 4.39. The summed E-state index contributed by atoms with van der Waals surface area (Å²) in [5.74, 6) is 1.51. The van der Waals surface area contributed by atoms with Gasteiger partial charge >= 0.3 is 0 Å². The van der Waals surface area contributed by atoms with Crippen LogP contribution in [0.25, 0.3) is 0 Å². The summed E-state index contributed by atoms with van der Waals surface area (Å²) in [6.07, 6.45) is 5.02. The van der Waals surface area contributed by atoms with Gasteiger partial charge in [0.1, 0.15) is 0 Å². The monoisotopic (exact) mass is 291 g/mol. The minimum Gasteiger partial charge on any atom is -0.454 e. The second-order valence-electron chi connectivity index (χ2n) is 5.85. The smallest absolute Gasteiger partial charge is 0.282 e. The van der Waals surface area contributed by atoms with Crippen molar-refractivity contribution < 1.29 is 19.2 Å². The average Bonchev–Trinajstić information content (AvgIpc) is 2.78. The fourth-order valence-corrected chi connectivity index (χ4v) is 3.03. The first-order chi connectivity index (χ1) is 10.2. The molecule has 5 heteroatoms. The molecule has 2 N–H and O–H groups in total. The van der Waals surface area contributed by atoms with E-state index in [4.69, 9.17) is 9.47 Å². The molecular weight excluding hydrogens is 268 g/mol. The molecule has 1 aromatic rings. The van der Waals surface area contributed by atoms with E-state index in [1.165, 1.54) is 30.6 Å². The number of benzene rings is 1. The Kier molecular flexibility index (Phi) is 4.29. The molecule has 1 atom stereocenters. The topological polar surface area (TPSA) is 52.0 Å². The number of carbonyl (C=O) groups excluding carboxylic acids is 1. The van der Waals surface area contributed by atoms with E-state index in [2.05, 4.69) is 5.32 Å². The Morgan fingerprint density at radius 1 is 1.14 bits per heavy atom. The van der Waals surface area contributed by atoms with Gasteiger partial charge in [0.25, 0.3) is 5.91 Å². The quantitative estimate of drug-likeness (QED) is 0.880. The van der Waals surface area contributed by atoms with Crippen LogP contribution in [0.4, 0.5) is 5.69 Å². The van der Waals surface area contributed by atoms with Gasteiger partial charge in [0, 0.05) is 11.8 Å². The lowest BCUT2D eigenvalue weighted by Crippen LogP contribution is -3.16. The number of carbonyl (C=O) groups is 1. The number of hydrogen-bond donors (Lipinski definition) is 2. The highest BCUT2D eigenvalue weighted by Crippen LogP contribution is 2.34. The molecule has 2 heterocycles. The van der Waals surface area contributed by atoms with Crippen LogP contribution in [-0.4, -0.2) is 31.8 Å². The van der Waals surface area contributed by atoms with Crippen molar-refractivity contribution in [2.45, 2.75) is 38.6 Å². The third kappa shape index (κ3) is 3.29. The van der Waals surface area contributed by atoms with Crippen molar-refractivity contribution in [1.29, 1.82) is 0 Å². The summed E-state index contributed by atoms with van der Waals surface area (Å²) in [7, 11) is 0. The zero-order valence-corrected chi connectivity index (χ0v) is 12.5. The Hall–Kier alpha value is -1.75. The Bertz CT molecular complexity index is 510. The summed E-state index contributed by atoms with van der Waals surface area (Å²) in [4.78, 5) is 13.8. The molecule has 2 aliphatic rings. The number of fused-ring (bicyclic) bond motifs is 1. The summed E-state index contributed by atoms with van der Waals surface area (Å²) in [5.41, 5.74) is 0.769. The van der Waals surface area contributed by atoms with Crippen molar-refractivity contribution in [3.63, 3.8) is 0 Å². The maximum atomic E-state index is 12.4. The van der Waals surface area contributed by atoms with E-state index < -0.39 is 0 Å². The molecule has 0 unspecified atom stereocenters. The fraction of sp³-hybridized carbons (Fsp3) is 0.562. The Balaban J connectivity index is 1.62. The number of rotatable bonds is 3. The zero-order valence-electron chi connectivity index (χ0n) is 12.5. The normalized spacial score (nSPS) is 19.9. The Morgan fingerprint density at radius 2 is 1.86 bits per heavy atom. The molecule has 0 aromatic heterocycles. The van der Waals surface area contributed by atoms with E-state index in [1.807, 2.05) is 25.1 Å². The maximum absolute atomic E-state index is 12.4. The van der Waals surface area contributed by atoms with Crippen LogP contribution in [0.2, 0.25) is 0 Å². The molecular formula is C16H23N2O3+. The first-order valence-corrected chi connectivity index (χ1v) is 7.79. The van der Waals surface area contributed by atoms with Gasteiger partial charge in [-0.3, -0.25) is 4.79 Å². The number of likely N-dealkylation sites (tertiary alicyclic amines) is 1. The minimum absolute atomic E-state index is 0.0199. The summed E-state index contributed by atoms with van der Waals surface area (Å²) in [6.45, 7) is 4.45. The van der Waals surface area contributed by atoms with E-state index in [0.29, 0.717) is 5.75 Å². The van der Waals surface area contributed by atoms with Crippen molar-refractivity contribution in [3.8, 4) is 11.5 Å². The largest absolute Gasteiger partial charge is 0.454 e. The van der Waals surface area contributed by atoms with Gasteiger partial charge in [-0.25, -0.2) is 0 Å². The summed E-state index contributed by atoms with van der Waals surface area (Å²) in [6, 6.07) is 5.50. The van der Waals surface area contributed by atoms with E-state index in [1.54, 1.807) is 0 Å². The number of ether oxygens (including phenoxy) is 2. The highest BCUT2D eigenvalue weighted by molar-refractivity contribution is 5.93. The predicted octanol–water partition coefficient (Wildman–Crippen LogP) is 1.20. The van der Waals surface area contributed by atoms with Crippen molar-refractivity contribution in [3.05, 3.63) is 18.2 Å². The molecule has 0 bridgehead atoms. The number of anilines is 1. The molecule has 1 aromatic carbocycles. The van der Waals surface area contributed by atoms with Gasteiger partial charge in [0.05, 0.1) is 13.1 Å². The Labute approximate surface area is 125 Å². The number of nitrogens with one attached hydrogen (secondary N) is 2. The molecule has 1 saturated heterocycles. The molecule has 114 valence electrons. The highest BCUT2D eigenvalue weighted by Gasteiger charge is 2.26. The van der Waals surface area contributed by atoms with Crippen molar-refractivity contribution in [2.75, 3.05) is 25.2 Å². The first kappa shape index (κ1) is 14.2. The molecule has 0 radical (unpaired) electrons. The summed E-state index contributed by atoms with van der Waals surface area (Å²) < 4.78 is 10.6. The van der Waals surface area contributed by atoms with Crippen LogP contribution in [0.1, 0.15) is 32.6 Å². The second-order valence-corrected chi connectivity index (χ2v) is 5.85. The van der Waals surface area contributed by atoms with Crippen LogP contribution in [0.3, 0.4) is 0 Å². The van der Waals surface area contributed by atoms with Crippen LogP contribution < -0.4 is 19.7 Å². The van der Waals surface area contributed by atoms with Gasteiger partial charge in [-0.1, -0.05) is 0 Å². The van der Waals surface area contributed by atoms with Gasteiger partial charge in [-0.15, -0.1) is 0 Å². The van der Waals surface area contributed by atoms with Crippen molar-refractivity contribution >= 4 is 11.6 Å². The first-order valence-electron chi connectivity index (χ1n) is 7.79. The van der Waals surface area contributed by atoms with Gasteiger partial charge < -0.3 is 19.7 Å². The highest BCUT2D eigenvalue weighted by atomic mass is 16.7. The van der Waals surface area contributed by atoms with E-state index in [-0.39, 0.29) is 18.7 Å². The molecule has 1 fully saturated rings. The molecule has 0 spiro atoms. The minimum atomic E-state index is -0.0199. The zero-order chi connectivity index (χ0) is 14.7. The summed E-state index contributed by atoms with van der Waals surface area (Å²) >= 11 is 0. The van der Waals surface area contributed by atoms with Gasteiger partial charge in [-0.05, 0) is 44.7 Å². The number of amides is 1. The van der Waals surface area contributed by atoms with E-state index in [0.717, 1.165) is 24.5 Å². The van der Waals surface area contributed by atoms with Gasteiger partial charge in [-0.2, -0.15) is 0 Å². The standard InChI is InChI=1S/C16H22N2O3/c1-12(18-8-4-2-3-5-9-18)16(19)17-13-6-7-14-15(10-13)21-11-20-14/h6-7,10,12H,2-5,8-9,11H2,1H3,(H,17,19)/p+1/t12-/m0/s1. The molecule has 0 saturated carbocycles. The van der Waals surface area contributed by atoms with Crippen LogP contribution in [-0.2, 0) is 4.79 Å². The van der Waals surface area contributed by atoms with E-state index in [9.17, 15) is 4.79 Å². The van der Waals surface area contributed by atoms with Gasteiger partial charge in [0.2, 0.25) is 6.79 Å². The second kappa shape index (κ2) is 6.35. The molecule has 3 rings (SSSR count). The van der Waals surface area contributed by atoms with Crippen LogP contribution in [0, 0.1) is 0 Å². The van der Waals surface area contributed by atoms with Crippen LogP contribution in [0.5, 0.6) is 11.5 Å². The lowest BCUT2D eigenvalue weighted by Gasteiger charge is -2.23. The molecule has 1 amide bonds. The number of hydrogen-bond acceptors (Lipinski definition) is 3. The van der Waals surface area contributed by atoms with Crippen LogP contribution in [0.15, 0.2) is 18.2 Å². The van der Waals surface area contributed by atoms with Crippen molar-refractivity contribution in [1.82, 2.24) is 0 Å². The van der Waals surface area contributed by atoms with Crippen LogP contribution >= 0.6 is 0 Å².